The summed E-state index contributed by atoms with van der Waals surface area (Å²) in [6.07, 6.45) is 0. The molecule has 0 aromatic carbocycles. The molecule has 0 unspecified atom stereocenters. The molecule has 23 heavy (non-hydrogen) atoms. The monoisotopic (exact) mass is 386 g/mol. The normalized spacial score (nSPS) is 9.78. The van der Waals surface area contributed by atoms with Crippen LogP contribution in [0.25, 0.3) is 0 Å². The molecule has 0 atom stereocenters. The zero-order valence-corrected chi connectivity index (χ0v) is 15.0. The zero-order chi connectivity index (χ0) is 17.4. The fraction of sp³-hybridized carbons (Fsp3) is 0.429. The second kappa shape index (κ2) is 9.09. The van der Waals surface area contributed by atoms with E-state index in [4.69, 9.17) is 9.47 Å². The number of ether oxygens (including phenoxy) is 2. The van der Waals surface area contributed by atoms with Gasteiger partial charge in [-0.3, -0.25) is 10.2 Å². The Morgan fingerprint density at radius 3 is 2.13 bits per heavy atom. The van der Waals surface area contributed by atoms with Gasteiger partial charge in [0.2, 0.25) is 0 Å². The van der Waals surface area contributed by atoms with Crippen LogP contribution in [0.4, 0.5) is 0 Å². The molecule has 0 aliphatic carbocycles. The number of hydrogen-bond donors (Lipinski definition) is 2. The predicted molar refractivity (Wildman–Crippen MR) is 86.3 cm³/mol. The van der Waals surface area contributed by atoms with Gasteiger partial charge >= 0.3 is 11.9 Å². The lowest BCUT2D eigenvalue weighted by molar-refractivity contribution is 0.0509. The summed E-state index contributed by atoms with van der Waals surface area (Å²) in [6, 6.07) is 1.65. The Hall–Kier alpha value is -2.16. The molecule has 0 radical (unpaired) electrons. The molecule has 2 heterocycles. The first-order chi connectivity index (χ1) is 10.9. The van der Waals surface area contributed by atoms with Gasteiger partial charge in [-0.25, -0.2) is 9.59 Å². The number of nitrogens with one attached hydrogen (secondary N) is 2. The van der Waals surface area contributed by atoms with E-state index in [0.717, 1.165) is 11.4 Å². The Balaban J connectivity index is 0.000000231. The van der Waals surface area contributed by atoms with Crippen LogP contribution in [0.2, 0.25) is 0 Å². The first kappa shape index (κ1) is 18.9. The molecule has 0 fully saturated rings. The average Bonchev–Trinajstić information content (AvgIpc) is 3.08. The number of esters is 2. The molecule has 2 rings (SSSR count). The fourth-order valence-corrected chi connectivity index (χ4v) is 1.82. The van der Waals surface area contributed by atoms with Crippen molar-refractivity contribution in [1.29, 1.82) is 0 Å². The summed E-state index contributed by atoms with van der Waals surface area (Å²) in [5, 5.41) is 12.9. The number of aryl methyl sites for hydroxylation is 2. The number of halogens is 1. The SMILES string of the molecule is CCOC(=O)c1cc(C)[nH]n1.CCOC(=O)c1n[nH]c(C)c1Br. The van der Waals surface area contributed by atoms with Crippen molar-refractivity contribution in [2.75, 3.05) is 13.2 Å². The molecule has 2 aromatic heterocycles. The van der Waals surface area contributed by atoms with Crippen LogP contribution in [0, 0.1) is 13.8 Å². The van der Waals surface area contributed by atoms with Crippen molar-refractivity contribution in [3.05, 3.63) is 33.3 Å². The van der Waals surface area contributed by atoms with E-state index in [1.54, 1.807) is 19.9 Å². The minimum Gasteiger partial charge on any atom is -0.461 e. The van der Waals surface area contributed by atoms with Gasteiger partial charge < -0.3 is 9.47 Å². The van der Waals surface area contributed by atoms with Gasteiger partial charge in [0, 0.05) is 11.4 Å². The summed E-state index contributed by atoms with van der Waals surface area (Å²) >= 11 is 3.23. The third-order valence-electron chi connectivity index (χ3n) is 2.53. The lowest BCUT2D eigenvalue weighted by atomic mass is 10.4. The molecular formula is C14H19BrN4O4. The number of carbonyl (C=O) groups is 2. The van der Waals surface area contributed by atoms with E-state index in [2.05, 4.69) is 36.3 Å². The molecule has 2 N–H and O–H groups in total. The van der Waals surface area contributed by atoms with Crippen LogP contribution in [0.15, 0.2) is 10.5 Å². The average molecular weight is 387 g/mol. The van der Waals surface area contributed by atoms with Gasteiger partial charge in [0.25, 0.3) is 0 Å². The van der Waals surface area contributed by atoms with Crippen LogP contribution >= 0.6 is 15.9 Å². The Morgan fingerprint density at radius 2 is 1.70 bits per heavy atom. The number of rotatable bonds is 4. The molecule has 0 aliphatic rings. The van der Waals surface area contributed by atoms with E-state index in [0.29, 0.717) is 29.1 Å². The van der Waals surface area contributed by atoms with Crippen LogP contribution in [-0.2, 0) is 9.47 Å². The minimum absolute atomic E-state index is 0.300. The molecule has 9 heteroatoms. The Labute approximate surface area is 142 Å². The summed E-state index contributed by atoms with van der Waals surface area (Å²) in [5.41, 5.74) is 2.31. The standard InChI is InChI=1S/C7H9BrN2O2.C7H10N2O2/c1-3-12-7(11)6-5(8)4(2)9-10-6;1-3-11-7(10)6-4-5(2)8-9-6/h3H2,1-2H3,(H,9,10);4H,3H2,1-2H3,(H,8,9). The van der Waals surface area contributed by atoms with Gasteiger partial charge in [-0.05, 0) is 49.7 Å². The van der Waals surface area contributed by atoms with Gasteiger partial charge in [0.15, 0.2) is 11.4 Å². The summed E-state index contributed by atoms with van der Waals surface area (Å²) in [6.45, 7) is 7.90. The zero-order valence-electron chi connectivity index (χ0n) is 13.4. The maximum absolute atomic E-state index is 11.1. The maximum Gasteiger partial charge on any atom is 0.360 e. The van der Waals surface area contributed by atoms with Crippen molar-refractivity contribution < 1.29 is 19.1 Å². The van der Waals surface area contributed by atoms with Crippen LogP contribution in [0.1, 0.15) is 46.2 Å². The number of carbonyl (C=O) groups excluding carboxylic acids is 2. The first-order valence-electron chi connectivity index (χ1n) is 6.97. The van der Waals surface area contributed by atoms with E-state index in [1.165, 1.54) is 0 Å². The number of aromatic amines is 2. The smallest absolute Gasteiger partial charge is 0.360 e. The Morgan fingerprint density at radius 1 is 1.09 bits per heavy atom. The maximum atomic E-state index is 11.1. The molecule has 0 amide bonds. The Bertz CT molecular complexity index is 666. The molecule has 8 nitrogen and oxygen atoms in total. The van der Waals surface area contributed by atoms with Crippen LogP contribution in [0.5, 0.6) is 0 Å². The van der Waals surface area contributed by atoms with E-state index in [-0.39, 0.29) is 5.97 Å². The van der Waals surface area contributed by atoms with E-state index >= 15 is 0 Å². The van der Waals surface area contributed by atoms with Crippen LogP contribution < -0.4 is 0 Å². The first-order valence-corrected chi connectivity index (χ1v) is 7.76. The molecule has 0 saturated carbocycles. The van der Waals surface area contributed by atoms with Crippen molar-refractivity contribution in [3.8, 4) is 0 Å². The summed E-state index contributed by atoms with van der Waals surface area (Å²) < 4.78 is 10.2. The predicted octanol–water partition coefficient (Wildman–Crippen LogP) is 2.55. The summed E-state index contributed by atoms with van der Waals surface area (Å²) in [7, 11) is 0. The molecule has 0 spiro atoms. The highest BCUT2D eigenvalue weighted by Gasteiger charge is 2.16. The van der Waals surface area contributed by atoms with Gasteiger partial charge in [-0.1, -0.05) is 0 Å². The highest BCUT2D eigenvalue weighted by Crippen LogP contribution is 2.18. The summed E-state index contributed by atoms with van der Waals surface area (Å²) in [4.78, 5) is 22.1. The molecule has 126 valence electrons. The highest BCUT2D eigenvalue weighted by molar-refractivity contribution is 9.10. The quantitative estimate of drug-likeness (QED) is 0.781. The number of aromatic nitrogens is 4. The Kier molecular flexibility index (Phi) is 7.46. The van der Waals surface area contributed by atoms with Crippen LogP contribution in [-0.4, -0.2) is 45.5 Å². The summed E-state index contributed by atoms with van der Waals surface area (Å²) in [5.74, 6) is -0.787. The lowest BCUT2D eigenvalue weighted by Gasteiger charge is -1.96. The largest absolute Gasteiger partial charge is 0.461 e. The number of nitrogens with zero attached hydrogens (tertiary/aromatic N) is 2. The lowest BCUT2D eigenvalue weighted by Crippen LogP contribution is -2.05. The second-order valence-corrected chi connectivity index (χ2v) is 5.18. The van der Waals surface area contributed by atoms with E-state index < -0.39 is 5.97 Å². The van der Waals surface area contributed by atoms with E-state index in [1.807, 2.05) is 13.8 Å². The number of H-pyrrole nitrogens is 2. The van der Waals surface area contributed by atoms with Crippen molar-refractivity contribution in [3.63, 3.8) is 0 Å². The highest BCUT2D eigenvalue weighted by atomic mass is 79.9. The van der Waals surface area contributed by atoms with Gasteiger partial charge in [-0.2, -0.15) is 10.2 Å². The van der Waals surface area contributed by atoms with Gasteiger partial charge in [0.05, 0.1) is 17.7 Å². The fourth-order valence-electron chi connectivity index (χ4n) is 1.48. The van der Waals surface area contributed by atoms with Crippen molar-refractivity contribution in [2.24, 2.45) is 0 Å². The van der Waals surface area contributed by atoms with Gasteiger partial charge in [0.1, 0.15) is 0 Å². The molecule has 0 aliphatic heterocycles. The van der Waals surface area contributed by atoms with Crippen molar-refractivity contribution >= 4 is 27.9 Å². The van der Waals surface area contributed by atoms with Crippen LogP contribution in [0.3, 0.4) is 0 Å². The molecule has 0 bridgehead atoms. The van der Waals surface area contributed by atoms with E-state index in [9.17, 15) is 9.59 Å². The number of hydrogen-bond acceptors (Lipinski definition) is 6. The second-order valence-electron chi connectivity index (χ2n) is 4.39. The molecule has 0 saturated heterocycles. The minimum atomic E-state index is -0.409. The van der Waals surface area contributed by atoms with Crippen molar-refractivity contribution in [1.82, 2.24) is 20.4 Å². The third-order valence-corrected chi connectivity index (χ3v) is 3.50. The molecular weight excluding hydrogens is 368 g/mol. The topological polar surface area (TPSA) is 110 Å². The third kappa shape index (κ3) is 5.51. The van der Waals surface area contributed by atoms with Crippen molar-refractivity contribution in [2.45, 2.75) is 27.7 Å². The van der Waals surface area contributed by atoms with Gasteiger partial charge in [-0.15, -0.1) is 0 Å². The molecule has 2 aromatic rings.